The molecule has 0 atom stereocenters. The van der Waals surface area contributed by atoms with Crippen molar-refractivity contribution in [1.82, 2.24) is 15.3 Å². The summed E-state index contributed by atoms with van der Waals surface area (Å²) in [7, 11) is 0. The highest BCUT2D eigenvalue weighted by atomic mass is 32.1. The predicted octanol–water partition coefficient (Wildman–Crippen LogP) is 1.74. The topological polar surface area (TPSA) is 81.0 Å². The fourth-order valence-corrected chi connectivity index (χ4v) is 2.09. The van der Waals surface area contributed by atoms with Gasteiger partial charge in [0.2, 0.25) is 0 Å². The maximum Gasteiger partial charge on any atom is 0.324 e. The first-order chi connectivity index (χ1) is 8.25. The van der Waals surface area contributed by atoms with E-state index in [2.05, 4.69) is 15.3 Å². The number of nitrogens with one attached hydrogen (secondary N) is 1. The lowest BCUT2D eigenvalue weighted by Gasteiger charge is -2.01. The van der Waals surface area contributed by atoms with Crippen molar-refractivity contribution in [2.75, 3.05) is 0 Å². The van der Waals surface area contributed by atoms with E-state index in [0.717, 1.165) is 10.6 Å². The van der Waals surface area contributed by atoms with Crippen LogP contribution in [0.3, 0.4) is 0 Å². The number of thiophene rings is 1. The molecule has 0 spiro atoms. The lowest BCUT2D eigenvalue weighted by Crippen LogP contribution is -2.12. The molecule has 2 heterocycles. The Kier molecular flexibility index (Phi) is 3.73. The second-order valence-electron chi connectivity index (χ2n) is 3.30. The average Bonchev–Trinajstić information content (AvgIpc) is 2.79. The highest BCUT2D eigenvalue weighted by molar-refractivity contribution is 7.15. The Morgan fingerprint density at radius 2 is 2.24 bits per heavy atom. The molecule has 2 aromatic heterocycles. The number of nitrogens with zero attached hydrogens (tertiary/aromatic N) is 3. The van der Waals surface area contributed by atoms with Crippen LogP contribution in [0.5, 0.6) is 0 Å². The van der Waals surface area contributed by atoms with Crippen LogP contribution in [-0.2, 0) is 13.1 Å². The van der Waals surface area contributed by atoms with Gasteiger partial charge < -0.3 is 5.32 Å². The minimum Gasteiger partial charge on any atom is -0.306 e. The van der Waals surface area contributed by atoms with Gasteiger partial charge in [-0.25, -0.2) is 9.97 Å². The Labute approximate surface area is 102 Å². The molecular formula is C10H10N4O2S. The van der Waals surface area contributed by atoms with Crippen molar-refractivity contribution in [3.63, 3.8) is 0 Å². The number of hydrogen-bond donors (Lipinski definition) is 1. The van der Waals surface area contributed by atoms with Crippen molar-refractivity contribution in [3.05, 3.63) is 51.4 Å². The van der Waals surface area contributed by atoms with Gasteiger partial charge in [0.25, 0.3) is 0 Å². The second-order valence-corrected chi connectivity index (χ2v) is 4.45. The fraction of sp³-hybridized carbons (Fsp3) is 0.200. The zero-order valence-corrected chi connectivity index (χ0v) is 9.68. The van der Waals surface area contributed by atoms with E-state index in [1.807, 2.05) is 6.07 Å². The summed E-state index contributed by atoms with van der Waals surface area (Å²) in [6.07, 6.45) is 3.17. The van der Waals surface area contributed by atoms with Gasteiger partial charge in [-0.2, -0.15) is 0 Å². The summed E-state index contributed by atoms with van der Waals surface area (Å²) in [5, 5.41) is 13.8. The molecule has 2 aromatic rings. The van der Waals surface area contributed by atoms with Crippen LogP contribution in [0, 0.1) is 10.1 Å². The monoisotopic (exact) mass is 250 g/mol. The Hall–Kier alpha value is -1.86. The fourth-order valence-electron chi connectivity index (χ4n) is 1.30. The molecule has 0 saturated heterocycles. The van der Waals surface area contributed by atoms with Crippen LogP contribution in [0.2, 0.25) is 0 Å². The van der Waals surface area contributed by atoms with Crippen LogP contribution in [0.15, 0.2) is 30.7 Å². The molecule has 0 fully saturated rings. The van der Waals surface area contributed by atoms with Crippen LogP contribution < -0.4 is 5.32 Å². The molecule has 7 heteroatoms. The third-order valence-corrected chi connectivity index (χ3v) is 3.11. The molecule has 0 unspecified atom stereocenters. The predicted molar refractivity (Wildman–Crippen MR) is 63.5 cm³/mol. The standard InChI is InChI=1S/C10H10N4O2S/c15-14(16)10-2-1-9(17-10)6-12-5-8-3-4-11-7-13-8/h1-4,7,12H,5-6H2. The van der Waals surface area contributed by atoms with E-state index < -0.39 is 0 Å². The maximum atomic E-state index is 10.5. The number of hydrogen-bond acceptors (Lipinski definition) is 6. The van der Waals surface area contributed by atoms with Gasteiger partial charge in [0.15, 0.2) is 0 Å². The molecular weight excluding hydrogens is 240 g/mol. The van der Waals surface area contributed by atoms with E-state index in [1.54, 1.807) is 12.3 Å². The van der Waals surface area contributed by atoms with Crippen molar-refractivity contribution in [1.29, 1.82) is 0 Å². The van der Waals surface area contributed by atoms with Crippen LogP contribution in [-0.4, -0.2) is 14.9 Å². The van der Waals surface area contributed by atoms with Gasteiger partial charge in [-0.15, -0.1) is 0 Å². The molecule has 0 aliphatic heterocycles. The van der Waals surface area contributed by atoms with E-state index in [4.69, 9.17) is 0 Å². The van der Waals surface area contributed by atoms with E-state index in [9.17, 15) is 10.1 Å². The SMILES string of the molecule is O=[N+]([O-])c1ccc(CNCc2ccncn2)s1. The zero-order chi connectivity index (χ0) is 12.1. The van der Waals surface area contributed by atoms with Gasteiger partial charge >= 0.3 is 5.00 Å². The maximum absolute atomic E-state index is 10.5. The molecule has 2 rings (SSSR count). The van der Waals surface area contributed by atoms with Crippen molar-refractivity contribution in [3.8, 4) is 0 Å². The van der Waals surface area contributed by atoms with Crippen LogP contribution in [0.1, 0.15) is 10.6 Å². The Morgan fingerprint density at radius 1 is 1.35 bits per heavy atom. The van der Waals surface area contributed by atoms with E-state index in [1.165, 1.54) is 23.7 Å². The van der Waals surface area contributed by atoms with Gasteiger partial charge in [0.1, 0.15) is 6.33 Å². The van der Waals surface area contributed by atoms with Crippen molar-refractivity contribution < 1.29 is 4.92 Å². The van der Waals surface area contributed by atoms with Crippen LogP contribution >= 0.6 is 11.3 Å². The number of aromatic nitrogens is 2. The molecule has 88 valence electrons. The van der Waals surface area contributed by atoms with Crippen molar-refractivity contribution >= 4 is 16.3 Å². The van der Waals surface area contributed by atoms with Crippen LogP contribution in [0.25, 0.3) is 0 Å². The molecule has 6 nitrogen and oxygen atoms in total. The summed E-state index contributed by atoms with van der Waals surface area (Å²) in [5.74, 6) is 0. The molecule has 0 aromatic carbocycles. The number of rotatable bonds is 5. The van der Waals surface area contributed by atoms with Gasteiger partial charge in [0, 0.05) is 30.2 Å². The summed E-state index contributed by atoms with van der Waals surface area (Å²) in [6, 6.07) is 5.10. The Balaban J connectivity index is 1.84. The summed E-state index contributed by atoms with van der Waals surface area (Å²) in [6.45, 7) is 1.22. The molecule has 0 saturated carbocycles. The first kappa shape index (κ1) is 11.6. The highest BCUT2D eigenvalue weighted by Gasteiger charge is 2.08. The first-order valence-corrected chi connectivity index (χ1v) is 5.76. The van der Waals surface area contributed by atoms with E-state index >= 15 is 0 Å². The third kappa shape index (κ3) is 3.30. The summed E-state index contributed by atoms with van der Waals surface area (Å²) >= 11 is 1.18. The molecule has 0 radical (unpaired) electrons. The summed E-state index contributed by atoms with van der Waals surface area (Å²) in [5.41, 5.74) is 0.894. The second kappa shape index (κ2) is 5.46. The first-order valence-electron chi connectivity index (χ1n) is 4.94. The normalized spacial score (nSPS) is 10.4. The molecule has 0 amide bonds. The Morgan fingerprint density at radius 3 is 2.88 bits per heavy atom. The minimum absolute atomic E-state index is 0.170. The van der Waals surface area contributed by atoms with Gasteiger partial charge in [-0.3, -0.25) is 10.1 Å². The minimum atomic E-state index is -0.376. The molecule has 0 bridgehead atoms. The van der Waals surface area contributed by atoms with Crippen LogP contribution in [0.4, 0.5) is 5.00 Å². The lowest BCUT2D eigenvalue weighted by molar-refractivity contribution is -0.380. The largest absolute Gasteiger partial charge is 0.324 e. The lowest BCUT2D eigenvalue weighted by atomic mass is 10.4. The zero-order valence-electron chi connectivity index (χ0n) is 8.87. The van der Waals surface area contributed by atoms with E-state index in [0.29, 0.717) is 13.1 Å². The molecule has 0 aliphatic carbocycles. The number of nitro groups is 1. The van der Waals surface area contributed by atoms with Crippen molar-refractivity contribution in [2.24, 2.45) is 0 Å². The summed E-state index contributed by atoms with van der Waals surface area (Å²) in [4.78, 5) is 18.9. The van der Waals surface area contributed by atoms with Gasteiger partial charge in [-0.1, -0.05) is 11.3 Å². The third-order valence-electron chi connectivity index (χ3n) is 2.08. The molecule has 0 aliphatic rings. The quantitative estimate of drug-likeness (QED) is 0.645. The molecule has 1 N–H and O–H groups in total. The summed E-state index contributed by atoms with van der Waals surface area (Å²) < 4.78 is 0. The highest BCUT2D eigenvalue weighted by Crippen LogP contribution is 2.23. The van der Waals surface area contributed by atoms with Crippen molar-refractivity contribution in [2.45, 2.75) is 13.1 Å². The van der Waals surface area contributed by atoms with Gasteiger partial charge in [0.05, 0.1) is 10.6 Å². The smallest absolute Gasteiger partial charge is 0.306 e. The Bertz CT molecular complexity index is 500. The van der Waals surface area contributed by atoms with E-state index in [-0.39, 0.29) is 9.92 Å². The average molecular weight is 250 g/mol. The molecule has 17 heavy (non-hydrogen) atoms. The van der Waals surface area contributed by atoms with Gasteiger partial charge in [-0.05, 0) is 12.1 Å².